The van der Waals surface area contributed by atoms with Crippen LogP contribution in [0.3, 0.4) is 0 Å². The van der Waals surface area contributed by atoms with E-state index in [4.69, 9.17) is 5.21 Å². The highest BCUT2D eigenvalue weighted by molar-refractivity contribution is 4.54. The molecule has 0 spiro atoms. The van der Waals surface area contributed by atoms with Crippen LogP contribution in [0, 0.1) is 0 Å². The molecular formula is C52H110N2O2. The average molecular weight is 795 g/mol. The van der Waals surface area contributed by atoms with E-state index in [-0.39, 0.29) is 0 Å². The maximum Gasteiger partial charge on any atom is 0.0238 e. The molecule has 0 aromatic heterocycles. The summed E-state index contributed by atoms with van der Waals surface area (Å²) in [5, 5.41) is 20.1. The molecule has 0 radical (unpaired) electrons. The van der Waals surface area contributed by atoms with Crippen LogP contribution in [0.4, 0.5) is 0 Å². The van der Waals surface area contributed by atoms with Crippen molar-refractivity contribution in [3.8, 4) is 0 Å². The number of nitrogens with zero attached hydrogens (tertiary/aromatic N) is 1. The molecule has 0 rings (SSSR count). The Morgan fingerprint density at radius 1 is 0.250 bits per heavy atom. The summed E-state index contributed by atoms with van der Waals surface area (Å²) in [4.78, 5) is 0. The molecule has 56 heavy (non-hydrogen) atoms. The minimum Gasteiger partial charge on any atom is -0.317 e. The molecule has 340 valence electrons. The van der Waals surface area contributed by atoms with Crippen molar-refractivity contribution in [2.24, 2.45) is 0 Å². The number of hydrogen-bond donors (Lipinski definition) is 3. The first-order valence-electron chi connectivity index (χ1n) is 26.5. The van der Waals surface area contributed by atoms with Crippen molar-refractivity contribution < 1.29 is 10.4 Å². The van der Waals surface area contributed by atoms with Gasteiger partial charge in [0.1, 0.15) is 0 Å². The fourth-order valence-electron chi connectivity index (χ4n) is 8.20. The number of unbranched alkanes of at least 4 members (excludes halogenated alkanes) is 43. The van der Waals surface area contributed by atoms with Crippen LogP contribution in [-0.4, -0.2) is 35.1 Å². The average Bonchev–Trinajstić information content (AvgIpc) is 3.21. The Morgan fingerprint density at radius 2 is 0.411 bits per heavy atom. The van der Waals surface area contributed by atoms with Gasteiger partial charge in [-0.15, -0.1) is 0 Å². The van der Waals surface area contributed by atoms with E-state index in [1.807, 2.05) is 0 Å². The van der Waals surface area contributed by atoms with E-state index >= 15 is 0 Å². The zero-order chi connectivity index (χ0) is 40.9. The molecule has 0 aliphatic carbocycles. The lowest BCUT2D eigenvalue weighted by molar-refractivity contribution is -0.0925. The van der Waals surface area contributed by atoms with Crippen LogP contribution in [0.15, 0.2) is 0 Å². The van der Waals surface area contributed by atoms with Crippen LogP contribution in [0.25, 0.3) is 0 Å². The molecule has 4 heteroatoms. The van der Waals surface area contributed by atoms with E-state index in [0.717, 1.165) is 38.9 Å². The molecule has 0 saturated heterocycles. The van der Waals surface area contributed by atoms with Gasteiger partial charge >= 0.3 is 0 Å². The Balaban J connectivity index is 0. The van der Waals surface area contributed by atoms with Crippen molar-refractivity contribution in [1.82, 2.24) is 10.5 Å². The maximum absolute atomic E-state index is 10.1. The van der Waals surface area contributed by atoms with Gasteiger partial charge in [-0.25, -0.2) is 5.48 Å². The zero-order valence-electron chi connectivity index (χ0n) is 39.5. The normalized spacial score (nSPS) is 11.5. The molecule has 0 aromatic carbocycles. The van der Waals surface area contributed by atoms with Gasteiger partial charge in [0, 0.05) is 19.6 Å². The summed E-state index contributed by atoms with van der Waals surface area (Å²) >= 11 is 0. The molecule has 0 bridgehead atoms. The largest absolute Gasteiger partial charge is 0.317 e. The Morgan fingerprint density at radius 3 is 0.589 bits per heavy atom. The van der Waals surface area contributed by atoms with Gasteiger partial charge in [0.05, 0.1) is 0 Å². The number of hydrogen-bond acceptors (Lipinski definition) is 4. The maximum atomic E-state index is 10.1. The molecule has 0 unspecified atom stereocenters. The second-order valence-electron chi connectivity index (χ2n) is 18.1. The van der Waals surface area contributed by atoms with Crippen LogP contribution in [-0.2, 0) is 0 Å². The van der Waals surface area contributed by atoms with Gasteiger partial charge < -0.3 is 10.4 Å². The standard InChI is InChI=1S/C34H71NO.C18H39NO/c1-3-5-7-9-11-13-15-17-19-20-22-24-26-28-30-32-34-35(36)33-31-29-27-25-23-21-18-16-14-12-10-8-6-4-2;1-2-3-4-5-6-7-8-9-10-11-12-13-14-15-16-17-18-19-20/h36H,3-34H2,1-2H3;19-20H,2-18H2,1H3. The fourth-order valence-corrected chi connectivity index (χ4v) is 8.20. The van der Waals surface area contributed by atoms with Crippen LogP contribution in [0.2, 0.25) is 0 Å². The SMILES string of the molecule is CCCCCCCCCCCCCCCCCCN(O)CCCCCCCCCCCCCCCC.CCCCCCCCCCCCCCCCCCNO. The minimum absolute atomic E-state index is 0.748. The van der Waals surface area contributed by atoms with Gasteiger partial charge in [0.2, 0.25) is 0 Å². The fraction of sp³-hybridized carbons (Fsp3) is 1.00. The van der Waals surface area contributed by atoms with Gasteiger partial charge in [-0.2, -0.15) is 5.06 Å². The third-order valence-electron chi connectivity index (χ3n) is 12.2. The highest BCUT2D eigenvalue weighted by Crippen LogP contribution is 2.16. The third-order valence-corrected chi connectivity index (χ3v) is 12.2. The topological polar surface area (TPSA) is 55.7 Å². The van der Waals surface area contributed by atoms with Crippen LogP contribution in [0.1, 0.15) is 316 Å². The molecular weight excluding hydrogens is 685 g/mol. The third kappa shape index (κ3) is 58.2. The lowest BCUT2D eigenvalue weighted by Gasteiger charge is -2.14. The summed E-state index contributed by atoms with van der Waals surface area (Å²) in [7, 11) is 0. The molecule has 0 aromatic rings. The number of nitrogens with one attached hydrogen (secondary N) is 1. The molecule has 0 heterocycles. The van der Waals surface area contributed by atoms with E-state index in [9.17, 15) is 5.21 Å². The molecule has 0 amide bonds. The van der Waals surface area contributed by atoms with E-state index in [1.54, 1.807) is 5.06 Å². The van der Waals surface area contributed by atoms with E-state index < -0.39 is 0 Å². The van der Waals surface area contributed by atoms with E-state index in [2.05, 4.69) is 26.3 Å². The van der Waals surface area contributed by atoms with Crippen molar-refractivity contribution in [3.63, 3.8) is 0 Å². The molecule has 0 atom stereocenters. The summed E-state index contributed by atoms with van der Waals surface area (Å²) < 4.78 is 0. The summed E-state index contributed by atoms with van der Waals surface area (Å²) in [6.07, 6.45) is 64.3. The molecule has 0 fully saturated rings. The van der Waals surface area contributed by atoms with Crippen LogP contribution < -0.4 is 5.48 Å². The van der Waals surface area contributed by atoms with Gasteiger partial charge in [-0.05, 0) is 19.3 Å². The molecule has 4 nitrogen and oxygen atoms in total. The summed E-state index contributed by atoms with van der Waals surface area (Å²) in [6, 6.07) is 0. The van der Waals surface area contributed by atoms with Crippen molar-refractivity contribution >= 4 is 0 Å². The van der Waals surface area contributed by atoms with Gasteiger partial charge in [0.25, 0.3) is 0 Å². The highest BCUT2D eigenvalue weighted by atomic mass is 16.5. The molecule has 0 saturated carbocycles. The Kier molecular flexibility index (Phi) is 58.9. The molecule has 0 aliphatic rings. The van der Waals surface area contributed by atoms with Crippen molar-refractivity contribution in [2.75, 3.05) is 19.6 Å². The Labute approximate surface area is 355 Å². The monoisotopic (exact) mass is 795 g/mol. The zero-order valence-corrected chi connectivity index (χ0v) is 39.5. The minimum atomic E-state index is 0.748. The van der Waals surface area contributed by atoms with E-state index in [0.29, 0.717) is 0 Å². The predicted octanol–water partition coefficient (Wildman–Crippen LogP) is 18.6. The van der Waals surface area contributed by atoms with Crippen molar-refractivity contribution in [2.45, 2.75) is 316 Å². The second kappa shape index (κ2) is 56.9. The highest BCUT2D eigenvalue weighted by Gasteiger charge is 2.01. The smallest absolute Gasteiger partial charge is 0.0238 e. The second-order valence-corrected chi connectivity index (χ2v) is 18.1. The van der Waals surface area contributed by atoms with E-state index in [1.165, 1.54) is 276 Å². The van der Waals surface area contributed by atoms with Crippen molar-refractivity contribution in [3.05, 3.63) is 0 Å². The first-order chi connectivity index (χ1) is 27.7. The number of rotatable bonds is 49. The van der Waals surface area contributed by atoms with Crippen LogP contribution in [0.5, 0.6) is 0 Å². The first-order valence-corrected chi connectivity index (χ1v) is 26.5. The predicted molar refractivity (Wildman–Crippen MR) is 253 cm³/mol. The summed E-state index contributed by atoms with van der Waals surface area (Å²) in [6.45, 7) is 9.37. The molecule has 3 N–H and O–H groups in total. The van der Waals surface area contributed by atoms with Gasteiger partial charge in [0.15, 0.2) is 0 Å². The first kappa shape index (κ1) is 57.9. The lowest BCUT2D eigenvalue weighted by atomic mass is 10.0. The lowest BCUT2D eigenvalue weighted by Crippen LogP contribution is -2.21. The van der Waals surface area contributed by atoms with Crippen molar-refractivity contribution in [1.29, 1.82) is 0 Å². The Hall–Kier alpha value is -0.160. The summed E-state index contributed by atoms with van der Waals surface area (Å²) in [5.74, 6) is 0. The van der Waals surface area contributed by atoms with Gasteiger partial charge in [-0.3, -0.25) is 0 Å². The number of hydroxylamine groups is 3. The summed E-state index contributed by atoms with van der Waals surface area (Å²) in [5.41, 5.74) is 2.22. The Bertz CT molecular complexity index is 614. The van der Waals surface area contributed by atoms with Gasteiger partial charge in [-0.1, -0.05) is 297 Å². The van der Waals surface area contributed by atoms with Crippen LogP contribution >= 0.6 is 0 Å². The molecule has 0 aliphatic heterocycles. The quantitative estimate of drug-likeness (QED) is 0.0424.